The molecule has 0 N–H and O–H groups in total. The van der Waals surface area contributed by atoms with Crippen molar-refractivity contribution in [3.05, 3.63) is 56.6 Å². The van der Waals surface area contributed by atoms with Crippen LogP contribution in [-0.2, 0) is 0 Å². The van der Waals surface area contributed by atoms with Crippen LogP contribution in [0.3, 0.4) is 0 Å². The van der Waals surface area contributed by atoms with Crippen molar-refractivity contribution in [2.45, 2.75) is 18.9 Å². The van der Waals surface area contributed by atoms with E-state index in [9.17, 15) is 4.79 Å². The van der Waals surface area contributed by atoms with E-state index in [4.69, 9.17) is 11.6 Å². The number of hydrogen-bond acceptors (Lipinski definition) is 3. The first-order valence-corrected chi connectivity index (χ1v) is 9.34. The molecule has 5 heteroatoms. The summed E-state index contributed by atoms with van der Waals surface area (Å²) in [6, 6.07) is 12.3. The molecule has 112 valence electrons. The lowest BCUT2D eigenvalue weighted by Gasteiger charge is -2.23. The molecule has 4 rings (SSSR count). The third-order valence-electron chi connectivity index (χ3n) is 4.11. The second kappa shape index (κ2) is 5.69. The molecule has 0 saturated carbocycles. The van der Waals surface area contributed by atoms with Crippen LogP contribution >= 0.6 is 34.3 Å². The molecule has 3 heterocycles. The van der Waals surface area contributed by atoms with Crippen molar-refractivity contribution < 1.29 is 4.79 Å². The third-order valence-corrected chi connectivity index (χ3v) is 6.75. The largest absolute Gasteiger partial charge is 0.330 e. The zero-order valence-corrected chi connectivity index (χ0v) is 14.2. The maximum atomic E-state index is 13.0. The van der Waals surface area contributed by atoms with Gasteiger partial charge in [-0.25, -0.2) is 0 Å². The highest BCUT2D eigenvalue weighted by atomic mass is 35.5. The van der Waals surface area contributed by atoms with Gasteiger partial charge in [-0.2, -0.15) is 0 Å². The predicted molar refractivity (Wildman–Crippen MR) is 94.2 cm³/mol. The van der Waals surface area contributed by atoms with Crippen molar-refractivity contribution >= 4 is 50.3 Å². The monoisotopic (exact) mass is 347 g/mol. The Hall–Kier alpha value is -1.36. The number of amides is 1. The Morgan fingerprint density at radius 2 is 2.09 bits per heavy atom. The zero-order chi connectivity index (χ0) is 15.1. The van der Waals surface area contributed by atoms with Crippen molar-refractivity contribution in [3.63, 3.8) is 0 Å². The smallest absolute Gasteiger partial charge is 0.266 e. The lowest BCUT2D eigenvalue weighted by atomic mass is 10.2. The quantitative estimate of drug-likeness (QED) is 0.591. The van der Waals surface area contributed by atoms with Crippen LogP contribution in [0.5, 0.6) is 0 Å². The van der Waals surface area contributed by atoms with E-state index in [2.05, 4.69) is 11.4 Å². The van der Waals surface area contributed by atoms with Crippen LogP contribution in [0, 0.1) is 0 Å². The Labute approximate surface area is 141 Å². The molecule has 0 aliphatic carbocycles. The molecule has 0 spiro atoms. The number of hydrogen-bond donors (Lipinski definition) is 0. The van der Waals surface area contributed by atoms with E-state index in [1.54, 1.807) is 11.3 Å². The summed E-state index contributed by atoms with van der Waals surface area (Å²) >= 11 is 9.69. The van der Waals surface area contributed by atoms with Gasteiger partial charge in [-0.3, -0.25) is 4.79 Å². The van der Waals surface area contributed by atoms with Crippen LogP contribution in [0.25, 0.3) is 10.1 Å². The molecule has 0 bridgehead atoms. The number of carbonyl (C=O) groups is 1. The highest BCUT2D eigenvalue weighted by molar-refractivity contribution is 7.21. The molecule has 1 saturated heterocycles. The standard InChI is InChI=1S/C17H14ClNOS2/c18-15-11-5-1-2-7-13(11)22-16(15)17(20)19-9-3-6-12(19)14-8-4-10-21-14/h1-2,4-5,7-8,10,12H,3,6,9H2. The van der Waals surface area contributed by atoms with Crippen LogP contribution < -0.4 is 0 Å². The van der Waals surface area contributed by atoms with E-state index in [1.807, 2.05) is 35.2 Å². The van der Waals surface area contributed by atoms with Crippen molar-refractivity contribution in [1.82, 2.24) is 4.90 Å². The fraction of sp³-hybridized carbons (Fsp3) is 0.235. The minimum Gasteiger partial charge on any atom is -0.330 e. The van der Waals surface area contributed by atoms with Gasteiger partial charge in [0.25, 0.3) is 5.91 Å². The summed E-state index contributed by atoms with van der Waals surface area (Å²) in [5.74, 6) is 0.0714. The van der Waals surface area contributed by atoms with Crippen molar-refractivity contribution in [1.29, 1.82) is 0 Å². The molecule has 3 aromatic rings. The number of likely N-dealkylation sites (tertiary alicyclic amines) is 1. The van der Waals surface area contributed by atoms with Crippen LogP contribution in [0.2, 0.25) is 5.02 Å². The van der Waals surface area contributed by atoms with Gasteiger partial charge in [0, 0.05) is 21.5 Å². The van der Waals surface area contributed by atoms with Gasteiger partial charge in [-0.05, 0) is 30.4 Å². The fourth-order valence-electron chi connectivity index (χ4n) is 3.07. The highest BCUT2D eigenvalue weighted by Crippen LogP contribution is 2.40. The van der Waals surface area contributed by atoms with Gasteiger partial charge in [0.15, 0.2) is 0 Å². The highest BCUT2D eigenvalue weighted by Gasteiger charge is 2.33. The average molecular weight is 348 g/mol. The minimum absolute atomic E-state index is 0.0714. The van der Waals surface area contributed by atoms with Gasteiger partial charge in [0.05, 0.1) is 11.1 Å². The number of thiophene rings is 2. The normalized spacial score (nSPS) is 18.2. The number of nitrogens with zero attached hydrogens (tertiary/aromatic N) is 1. The molecule has 1 aromatic carbocycles. The average Bonchev–Trinajstić information content (AvgIpc) is 3.26. The Balaban J connectivity index is 1.72. The molecule has 1 aliphatic heterocycles. The van der Waals surface area contributed by atoms with Crippen LogP contribution in [-0.4, -0.2) is 17.4 Å². The SMILES string of the molecule is O=C(c1sc2ccccc2c1Cl)N1CCCC1c1cccs1. The summed E-state index contributed by atoms with van der Waals surface area (Å²) in [6.07, 6.45) is 2.09. The molecule has 2 nitrogen and oxygen atoms in total. The van der Waals surface area contributed by atoms with Gasteiger partial charge in [0.2, 0.25) is 0 Å². The van der Waals surface area contributed by atoms with Crippen molar-refractivity contribution in [2.24, 2.45) is 0 Å². The number of halogens is 1. The van der Waals surface area contributed by atoms with Gasteiger partial charge >= 0.3 is 0 Å². The molecule has 0 radical (unpaired) electrons. The fourth-order valence-corrected chi connectivity index (χ4v) is 5.41. The maximum absolute atomic E-state index is 13.0. The molecule has 1 atom stereocenters. The molecular weight excluding hydrogens is 334 g/mol. The summed E-state index contributed by atoms with van der Waals surface area (Å²) in [5.41, 5.74) is 0. The molecule has 1 unspecified atom stereocenters. The van der Waals surface area contributed by atoms with Gasteiger partial charge in [0.1, 0.15) is 4.88 Å². The molecule has 1 fully saturated rings. The van der Waals surface area contributed by atoms with E-state index < -0.39 is 0 Å². The Morgan fingerprint density at radius 1 is 1.23 bits per heavy atom. The van der Waals surface area contributed by atoms with Crippen LogP contribution in [0.1, 0.15) is 33.4 Å². The molecule has 1 aliphatic rings. The van der Waals surface area contributed by atoms with Gasteiger partial charge in [-0.15, -0.1) is 22.7 Å². The summed E-state index contributed by atoms with van der Waals surface area (Å²) < 4.78 is 1.07. The van der Waals surface area contributed by atoms with Crippen LogP contribution in [0.15, 0.2) is 41.8 Å². The lowest BCUT2D eigenvalue weighted by Crippen LogP contribution is -2.29. The summed E-state index contributed by atoms with van der Waals surface area (Å²) in [4.78, 5) is 16.9. The number of benzene rings is 1. The first-order valence-electron chi connectivity index (χ1n) is 7.27. The molecule has 22 heavy (non-hydrogen) atoms. The minimum atomic E-state index is 0.0714. The Kier molecular flexibility index (Phi) is 3.68. The Bertz CT molecular complexity index is 824. The third kappa shape index (κ3) is 2.26. The van der Waals surface area contributed by atoms with Gasteiger partial charge in [-0.1, -0.05) is 35.9 Å². The van der Waals surface area contributed by atoms with Gasteiger partial charge < -0.3 is 4.90 Å². The van der Waals surface area contributed by atoms with E-state index in [0.717, 1.165) is 29.5 Å². The predicted octanol–water partition coefficient (Wildman–Crippen LogP) is 5.59. The summed E-state index contributed by atoms with van der Waals surface area (Å²) in [6.45, 7) is 0.811. The second-order valence-electron chi connectivity index (χ2n) is 5.41. The summed E-state index contributed by atoms with van der Waals surface area (Å²) in [5, 5.41) is 3.65. The topological polar surface area (TPSA) is 20.3 Å². The lowest BCUT2D eigenvalue weighted by molar-refractivity contribution is 0.0743. The van der Waals surface area contributed by atoms with Crippen molar-refractivity contribution in [3.8, 4) is 0 Å². The molecule has 1 amide bonds. The number of fused-ring (bicyclic) bond motifs is 1. The molecule has 2 aromatic heterocycles. The van der Waals surface area contributed by atoms with E-state index in [1.165, 1.54) is 16.2 Å². The first kappa shape index (κ1) is 14.2. The second-order valence-corrected chi connectivity index (χ2v) is 7.82. The number of rotatable bonds is 2. The Morgan fingerprint density at radius 3 is 2.86 bits per heavy atom. The van der Waals surface area contributed by atoms with Crippen LogP contribution in [0.4, 0.5) is 0 Å². The molecular formula is C17H14ClNOS2. The number of carbonyl (C=O) groups excluding carboxylic acids is 1. The van der Waals surface area contributed by atoms with E-state index >= 15 is 0 Å². The zero-order valence-electron chi connectivity index (χ0n) is 11.8. The maximum Gasteiger partial charge on any atom is 0.266 e. The van der Waals surface area contributed by atoms with Crippen molar-refractivity contribution in [2.75, 3.05) is 6.54 Å². The van der Waals surface area contributed by atoms with E-state index in [-0.39, 0.29) is 11.9 Å². The van der Waals surface area contributed by atoms with E-state index in [0.29, 0.717) is 9.90 Å². The first-order chi connectivity index (χ1) is 10.8. The summed E-state index contributed by atoms with van der Waals surface area (Å²) in [7, 11) is 0.